The number of hydrogen-bond acceptors (Lipinski definition) is 7. The molecule has 0 atom stereocenters. The molecule has 25 heavy (non-hydrogen) atoms. The number of fused-ring (bicyclic) bond motifs is 1. The molecule has 0 amide bonds. The number of non-ortho nitro benzene ring substituents is 1. The van der Waals surface area contributed by atoms with Gasteiger partial charge in [0.1, 0.15) is 11.4 Å². The fourth-order valence-electron chi connectivity index (χ4n) is 2.51. The molecular formula is C15H11BrN4O5. The molecule has 0 saturated heterocycles. The fourth-order valence-corrected chi connectivity index (χ4v) is 2.98. The normalized spacial score (nSPS) is 13.8. The average Bonchev–Trinajstić information content (AvgIpc) is 2.56. The highest BCUT2D eigenvalue weighted by Gasteiger charge is 2.28. The molecule has 0 saturated carbocycles. The van der Waals surface area contributed by atoms with Gasteiger partial charge in [0.15, 0.2) is 0 Å². The summed E-state index contributed by atoms with van der Waals surface area (Å²) in [6.45, 7) is 0. The molecule has 0 fully saturated rings. The van der Waals surface area contributed by atoms with E-state index in [0.29, 0.717) is 17.9 Å². The third-order valence-electron chi connectivity index (χ3n) is 3.77. The summed E-state index contributed by atoms with van der Waals surface area (Å²) in [6, 6.07) is 7.02. The molecule has 0 heterocycles. The van der Waals surface area contributed by atoms with Gasteiger partial charge in [-0.3, -0.25) is 25.7 Å². The Morgan fingerprint density at radius 3 is 2.60 bits per heavy atom. The van der Waals surface area contributed by atoms with Gasteiger partial charge in [0, 0.05) is 22.5 Å². The molecule has 1 aliphatic carbocycles. The zero-order valence-electron chi connectivity index (χ0n) is 12.9. The van der Waals surface area contributed by atoms with Crippen molar-refractivity contribution in [2.75, 3.05) is 12.5 Å². The molecule has 1 N–H and O–H groups in total. The summed E-state index contributed by atoms with van der Waals surface area (Å²) in [5.74, 6) is 0.656. The quantitative estimate of drug-likeness (QED) is 0.597. The number of nitro benzene ring substituents is 2. The highest BCUT2D eigenvalue weighted by molar-refractivity contribution is 9.10. The molecule has 2 aromatic rings. The predicted molar refractivity (Wildman–Crippen MR) is 94.3 cm³/mol. The first-order valence-corrected chi connectivity index (χ1v) is 7.82. The van der Waals surface area contributed by atoms with Crippen LogP contribution in [0.4, 0.5) is 17.1 Å². The van der Waals surface area contributed by atoms with E-state index in [1.165, 1.54) is 12.1 Å². The number of nitrogens with one attached hydrogen (secondary N) is 1. The summed E-state index contributed by atoms with van der Waals surface area (Å²) in [5, 5.41) is 26.1. The summed E-state index contributed by atoms with van der Waals surface area (Å²) in [6.07, 6.45) is 0.570. The first-order chi connectivity index (χ1) is 11.9. The van der Waals surface area contributed by atoms with E-state index in [-0.39, 0.29) is 11.4 Å². The molecule has 0 radical (unpaired) electrons. The van der Waals surface area contributed by atoms with Gasteiger partial charge >= 0.3 is 5.69 Å². The maximum absolute atomic E-state index is 11.1. The Kier molecular flexibility index (Phi) is 4.36. The lowest BCUT2D eigenvalue weighted by atomic mass is 9.85. The van der Waals surface area contributed by atoms with Crippen LogP contribution in [0.3, 0.4) is 0 Å². The van der Waals surface area contributed by atoms with E-state index < -0.39 is 15.5 Å². The van der Waals surface area contributed by atoms with E-state index in [1.54, 1.807) is 13.2 Å². The van der Waals surface area contributed by atoms with Gasteiger partial charge in [-0.15, -0.1) is 0 Å². The molecule has 2 aromatic carbocycles. The number of hydrogen-bond donors (Lipinski definition) is 1. The van der Waals surface area contributed by atoms with Gasteiger partial charge in [0.05, 0.1) is 28.7 Å². The van der Waals surface area contributed by atoms with Crippen molar-refractivity contribution in [1.82, 2.24) is 0 Å². The highest BCUT2D eigenvalue weighted by Crippen LogP contribution is 2.38. The number of halogens is 1. The smallest absolute Gasteiger partial charge is 0.301 e. The van der Waals surface area contributed by atoms with Crippen molar-refractivity contribution in [2.45, 2.75) is 6.42 Å². The SMILES string of the molecule is COc1ccc(Br)c2c1/C(=N\Nc1ccc([N+](=O)[O-])cc1[N+](=O)[O-])C2. The van der Waals surface area contributed by atoms with Crippen molar-refractivity contribution in [1.29, 1.82) is 0 Å². The summed E-state index contributed by atoms with van der Waals surface area (Å²) < 4.78 is 6.24. The van der Waals surface area contributed by atoms with Crippen LogP contribution in [0.1, 0.15) is 11.1 Å². The van der Waals surface area contributed by atoms with Crippen molar-refractivity contribution < 1.29 is 14.6 Å². The van der Waals surface area contributed by atoms with Crippen LogP contribution in [0.2, 0.25) is 0 Å². The summed E-state index contributed by atoms with van der Waals surface area (Å²) in [4.78, 5) is 20.5. The minimum absolute atomic E-state index is 0.0745. The van der Waals surface area contributed by atoms with Crippen molar-refractivity contribution in [3.05, 3.63) is 66.2 Å². The van der Waals surface area contributed by atoms with Crippen LogP contribution in [-0.4, -0.2) is 22.7 Å². The monoisotopic (exact) mass is 406 g/mol. The Morgan fingerprint density at radius 2 is 1.96 bits per heavy atom. The average molecular weight is 407 g/mol. The Morgan fingerprint density at radius 1 is 1.20 bits per heavy atom. The predicted octanol–water partition coefficient (Wildman–Crippen LogP) is 3.65. The third-order valence-corrected chi connectivity index (χ3v) is 4.51. The minimum atomic E-state index is -0.693. The van der Waals surface area contributed by atoms with Crippen molar-refractivity contribution >= 4 is 38.7 Å². The van der Waals surface area contributed by atoms with Crippen LogP contribution in [0.15, 0.2) is 39.9 Å². The van der Waals surface area contributed by atoms with Gasteiger partial charge in [-0.25, -0.2) is 0 Å². The lowest BCUT2D eigenvalue weighted by Gasteiger charge is -2.25. The summed E-state index contributed by atoms with van der Waals surface area (Å²) in [7, 11) is 1.55. The number of nitrogens with zero attached hydrogens (tertiary/aromatic N) is 3. The Hall–Kier alpha value is -3.01. The second-order valence-corrected chi connectivity index (χ2v) is 6.02. The zero-order chi connectivity index (χ0) is 18.1. The molecule has 0 spiro atoms. The lowest BCUT2D eigenvalue weighted by Crippen LogP contribution is -2.23. The van der Waals surface area contributed by atoms with Gasteiger partial charge < -0.3 is 4.74 Å². The maximum atomic E-state index is 11.1. The number of nitro groups is 2. The standard InChI is InChI=1S/C15H11BrN4O5/c1-25-14-5-3-10(16)9-7-12(15(9)14)18-17-11-4-2-8(19(21)22)6-13(11)20(23)24/h2-6,17H,7H2,1H3/b18-12-. The van der Waals surface area contributed by atoms with Crippen molar-refractivity contribution in [2.24, 2.45) is 5.10 Å². The first kappa shape index (κ1) is 16.8. The summed E-state index contributed by atoms with van der Waals surface area (Å²) >= 11 is 3.45. The molecule has 128 valence electrons. The molecule has 0 aromatic heterocycles. The number of methoxy groups -OCH3 is 1. The molecule has 0 aliphatic heterocycles. The van der Waals surface area contributed by atoms with E-state index in [9.17, 15) is 20.2 Å². The van der Waals surface area contributed by atoms with Crippen molar-refractivity contribution in [3.8, 4) is 5.75 Å². The van der Waals surface area contributed by atoms with Crippen LogP contribution < -0.4 is 10.2 Å². The molecule has 1 aliphatic rings. The Balaban J connectivity index is 1.92. The Bertz CT molecular complexity index is 928. The van der Waals surface area contributed by atoms with E-state index in [2.05, 4.69) is 26.5 Å². The van der Waals surface area contributed by atoms with Crippen LogP contribution in [0, 0.1) is 20.2 Å². The molecule has 3 rings (SSSR count). The maximum Gasteiger partial charge on any atom is 0.301 e. The third kappa shape index (κ3) is 3.03. The number of ether oxygens (including phenoxy) is 1. The van der Waals surface area contributed by atoms with E-state index in [1.807, 2.05) is 6.07 Å². The molecule has 9 nitrogen and oxygen atoms in total. The molecule has 0 bridgehead atoms. The molecular weight excluding hydrogens is 396 g/mol. The molecule has 10 heteroatoms. The van der Waals surface area contributed by atoms with Gasteiger partial charge in [-0.2, -0.15) is 5.10 Å². The van der Waals surface area contributed by atoms with Crippen molar-refractivity contribution in [3.63, 3.8) is 0 Å². The van der Waals surface area contributed by atoms with Gasteiger partial charge in [-0.1, -0.05) is 15.9 Å². The lowest BCUT2D eigenvalue weighted by molar-refractivity contribution is -0.393. The van der Waals surface area contributed by atoms with Crippen LogP contribution in [0.25, 0.3) is 0 Å². The van der Waals surface area contributed by atoms with Gasteiger partial charge in [-0.05, 0) is 23.8 Å². The van der Waals surface area contributed by atoms with Gasteiger partial charge in [0.25, 0.3) is 5.69 Å². The van der Waals surface area contributed by atoms with E-state index >= 15 is 0 Å². The van der Waals surface area contributed by atoms with E-state index in [4.69, 9.17) is 4.74 Å². The second kappa shape index (κ2) is 6.48. The largest absolute Gasteiger partial charge is 0.496 e. The number of rotatable bonds is 5. The zero-order valence-corrected chi connectivity index (χ0v) is 14.4. The minimum Gasteiger partial charge on any atom is -0.496 e. The second-order valence-electron chi connectivity index (χ2n) is 5.17. The molecule has 0 unspecified atom stereocenters. The van der Waals surface area contributed by atoms with Crippen LogP contribution in [0.5, 0.6) is 5.75 Å². The van der Waals surface area contributed by atoms with Gasteiger partial charge in [0.2, 0.25) is 0 Å². The number of benzene rings is 2. The fraction of sp³-hybridized carbons (Fsp3) is 0.133. The topological polar surface area (TPSA) is 120 Å². The van der Waals surface area contributed by atoms with E-state index in [0.717, 1.165) is 21.7 Å². The number of anilines is 1. The number of hydrazone groups is 1. The van der Waals surface area contributed by atoms with Crippen LogP contribution in [-0.2, 0) is 6.42 Å². The first-order valence-electron chi connectivity index (χ1n) is 7.03. The highest BCUT2D eigenvalue weighted by atomic mass is 79.9. The summed E-state index contributed by atoms with van der Waals surface area (Å²) in [5.41, 5.74) is 4.48. The Labute approximate surface area is 149 Å². The van der Waals surface area contributed by atoms with Crippen LogP contribution >= 0.6 is 15.9 Å².